The van der Waals surface area contributed by atoms with Crippen LogP contribution in [0.5, 0.6) is 0 Å². The quantitative estimate of drug-likeness (QED) is 0.793. The molecule has 6 nitrogen and oxygen atoms in total. The van der Waals surface area contributed by atoms with Crippen LogP contribution in [0.25, 0.3) is 0 Å². The SMILES string of the molecule is CC(C)N1CCC(OC2CCN(c3ccc(C(=O)N(C)C)nc3)CC2)CC1. The fourth-order valence-electron chi connectivity index (χ4n) is 3.98. The molecule has 0 aliphatic carbocycles. The van der Waals surface area contributed by atoms with E-state index in [0.29, 0.717) is 23.9 Å². The van der Waals surface area contributed by atoms with Gasteiger partial charge in [-0.3, -0.25) is 4.79 Å². The van der Waals surface area contributed by atoms with Crippen LogP contribution in [-0.4, -0.2) is 79.2 Å². The van der Waals surface area contributed by atoms with Gasteiger partial charge in [-0.1, -0.05) is 0 Å². The molecule has 0 radical (unpaired) electrons. The number of ether oxygens (including phenoxy) is 1. The molecule has 2 aliphatic heterocycles. The Hall–Kier alpha value is -1.66. The normalized spacial score (nSPS) is 20.3. The van der Waals surface area contributed by atoms with E-state index in [0.717, 1.165) is 57.5 Å². The van der Waals surface area contributed by atoms with E-state index in [2.05, 4.69) is 28.6 Å². The number of aromatic nitrogens is 1. The van der Waals surface area contributed by atoms with Crippen LogP contribution < -0.4 is 4.90 Å². The molecule has 2 saturated heterocycles. The highest BCUT2D eigenvalue weighted by atomic mass is 16.5. The summed E-state index contributed by atoms with van der Waals surface area (Å²) in [6.45, 7) is 8.83. The molecule has 1 amide bonds. The van der Waals surface area contributed by atoms with Gasteiger partial charge in [0.05, 0.1) is 24.1 Å². The third kappa shape index (κ3) is 5.20. The van der Waals surface area contributed by atoms with Crippen LogP contribution in [0.15, 0.2) is 18.3 Å². The van der Waals surface area contributed by atoms with Gasteiger partial charge in [0.15, 0.2) is 0 Å². The highest BCUT2D eigenvalue weighted by Crippen LogP contribution is 2.24. The lowest BCUT2D eigenvalue weighted by molar-refractivity contribution is -0.0540. The number of likely N-dealkylation sites (tertiary alicyclic amines) is 1. The largest absolute Gasteiger partial charge is 0.375 e. The molecule has 1 aromatic rings. The average molecular weight is 375 g/mol. The maximum atomic E-state index is 12.0. The zero-order valence-corrected chi connectivity index (χ0v) is 17.2. The first-order valence-electron chi connectivity index (χ1n) is 10.3. The molecule has 0 saturated carbocycles. The van der Waals surface area contributed by atoms with Crippen molar-refractivity contribution < 1.29 is 9.53 Å². The summed E-state index contributed by atoms with van der Waals surface area (Å²) < 4.78 is 6.40. The second-order valence-electron chi connectivity index (χ2n) is 8.25. The molecule has 0 unspecified atom stereocenters. The van der Waals surface area contributed by atoms with Gasteiger partial charge < -0.3 is 19.4 Å². The van der Waals surface area contributed by atoms with Gasteiger partial charge in [-0.2, -0.15) is 0 Å². The van der Waals surface area contributed by atoms with E-state index in [9.17, 15) is 4.79 Å². The molecule has 3 rings (SSSR count). The van der Waals surface area contributed by atoms with Gasteiger partial charge in [0, 0.05) is 46.3 Å². The van der Waals surface area contributed by atoms with Gasteiger partial charge in [-0.15, -0.1) is 0 Å². The van der Waals surface area contributed by atoms with E-state index in [1.807, 2.05) is 18.3 Å². The maximum Gasteiger partial charge on any atom is 0.271 e. The summed E-state index contributed by atoms with van der Waals surface area (Å²) in [5.41, 5.74) is 1.59. The molecule has 0 N–H and O–H groups in total. The molecule has 2 aliphatic rings. The minimum Gasteiger partial charge on any atom is -0.375 e. The number of pyridine rings is 1. The Balaban J connectivity index is 1.44. The van der Waals surface area contributed by atoms with Crippen molar-refractivity contribution >= 4 is 11.6 Å². The predicted octanol–water partition coefficient (Wildman–Crippen LogP) is 2.64. The number of anilines is 1. The number of carbonyl (C=O) groups excluding carboxylic acids is 1. The average Bonchev–Trinajstić information content (AvgIpc) is 2.68. The second-order valence-corrected chi connectivity index (χ2v) is 8.25. The molecule has 2 fully saturated rings. The number of amides is 1. The summed E-state index contributed by atoms with van der Waals surface area (Å²) >= 11 is 0. The molecular formula is C21H34N4O2. The maximum absolute atomic E-state index is 12.0. The molecule has 27 heavy (non-hydrogen) atoms. The highest BCUT2D eigenvalue weighted by Gasteiger charge is 2.26. The van der Waals surface area contributed by atoms with Gasteiger partial charge in [0.2, 0.25) is 0 Å². The van der Waals surface area contributed by atoms with Crippen molar-refractivity contribution in [3.8, 4) is 0 Å². The Labute approximate surface area is 163 Å². The minimum atomic E-state index is -0.0582. The molecule has 3 heterocycles. The van der Waals surface area contributed by atoms with Crippen LogP contribution in [0.1, 0.15) is 50.0 Å². The van der Waals surface area contributed by atoms with E-state index in [4.69, 9.17) is 4.74 Å². The van der Waals surface area contributed by atoms with E-state index >= 15 is 0 Å². The minimum absolute atomic E-state index is 0.0582. The first kappa shape index (κ1) is 20.1. The van der Waals surface area contributed by atoms with Crippen LogP contribution in [-0.2, 0) is 4.74 Å². The lowest BCUT2D eigenvalue weighted by atomic mass is 10.0. The predicted molar refractivity (Wildman–Crippen MR) is 108 cm³/mol. The Morgan fingerprint density at radius 2 is 1.67 bits per heavy atom. The van der Waals surface area contributed by atoms with Crippen molar-refractivity contribution in [1.29, 1.82) is 0 Å². The number of nitrogens with zero attached hydrogens (tertiary/aromatic N) is 4. The number of carbonyl (C=O) groups is 1. The lowest BCUT2D eigenvalue weighted by Gasteiger charge is -2.38. The van der Waals surface area contributed by atoms with Gasteiger partial charge in [0.25, 0.3) is 5.91 Å². The molecule has 1 aromatic heterocycles. The van der Waals surface area contributed by atoms with E-state index < -0.39 is 0 Å². The number of rotatable bonds is 5. The third-order valence-corrected chi connectivity index (χ3v) is 5.77. The van der Waals surface area contributed by atoms with E-state index in [1.165, 1.54) is 0 Å². The van der Waals surface area contributed by atoms with Crippen LogP contribution >= 0.6 is 0 Å². The Morgan fingerprint density at radius 3 is 2.15 bits per heavy atom. The second kappa shape index (κ2) is 9.02. The summed E-state index contributed by atoms with van der Waals surface area (Å²) in [6.07, 6.45) is 7.05. The Bertz CT molecular complexity index is 601. The smallest absolute Gasteiger partial charge is 0.271 e. The first-order valence-corrected chi connectivity index (χ1v) is 10.3. The third-order valence-electron chi connectivity index (χ3n) is 5.77. The summed E-state index contributed by atoms with van der Waals surface area (Å²) in [7, 11) is 3.49. The van der Waals surface area contributed by atoms with E-state index in [-0.39, 0.29) is 5.91 Å². The van der Waals surface area contributed by atoms with Crippen LogP contribution in [0.4, 0.5) is 5.69 Å². The number of piperidine rings is 2. The monoisotopic (exact) mass is 374 g/mol. The number of hydrogen-bond donors (Lipinski definition) is 0. The Morgan fingerprint density at radius 1 is 1.07 bits per heavy atom. The Kier molecular flexibility index (Phi) is 6.71. The standard InChI is InChI=1S/C21H34N4O2/c1-16(2)24-11-7-18(8-12-24)27-19-9-13-25(14-10-19)17-5-6-20(22-15-17)21(26)23(3)4/h5-6,15-16,18-19H,7-14H2,1-4H3. The van der Waals surface area contributed by atoms with Crippen molar-refractivity contribution in [3.63, 3.8) is 0 Å². The highest BCUT2D eigenvalue weighted by molar-refractivity contribution is 5.92. The summed E-state index contributed by atoms with van der Waals surface area (Å²) in [5, 5.41) is 0. The lowest BCUT2D eigenvalue weighted by Crippen LogP contribution is -2.43. The van der Waals surface area contributed by atoms with Crippen molar-refractivity contribution in [3.05, 3.63) is 24.0 Å². The number of hydrogen-bond acceptors (Lipinski definition) is 5. The molecular weight excluding hydrogens is 340 g/mol. The first-order chi connectivity index (χ1) is 12.9. The van der Waals surface area contributed by atoms with Crippen molar-refractivity contribution in [2.45, 2.75) is 57.8 Å². The zero-order valence-electron chi connectivity index (χ0n) is 17.2. The van der Waals surface area contributed by atoms with Crippen LogP contribution in [0.3, 0.4) is 0 Å². The van der Waals surface area contributed by atoms with Gasteiger partial charge in [-0.05, 0) is 51.7 Å². The van der Waals surface area contributed by atoms with Crippen LogP contribution in [0, 0.1) is 0 Å². The fourth-order valence-corrected chi connectivity index (χ4v) is 3.98. The summed E-state index contributed by atoms with van der Waals surface area (Å²) in [4.78, 5) is 22.7. The topological polar surface area (TPSA) is 48.9 Å². The molecule has 0 atom stereocenters. The molecule has 0 aromatic carbocycles. The van der Waals surface area contributed by atoms with E-state index in [1.54, 1.807) is 19.0 Å². The molecule has 0 spiro atoms. The van der Waals surface area contributed by atoms with Crippen molar-refractivity contribution in [2.24, 2.45) is 0 Å². The molecule has 0 bridgehead atoms. The van der Waals surface area contributed by atoms with Crippen molar-refractivity contribution in [2.75, 3.05) is 45.2 Å². The zero-order chi connectivity index (χ0) is 19.4. The molecule has 6 heteroatoms. The summed E-state index contributed by atoms with van der Waals surface area (Å²) in [6, 6.07) is 4.47. The van der Waals surface area contributed by atoms with Gasteiger partial charge in [0.1, 0.15) is 5.69 Å². The van der Waals surface area contributed by atoms with Gasteiger partial charge >= 0.3 is 0 Å². The van der Waals surface area contributed by atoms with Gasteiger partial charge in [-0.25, -0.2) is 4.98 Å². The summed E-state index contributed by atoms with van der Waals surface area (Å²) in [5.74, 6) is -0.0582. The van der Waals surface area contributed by atoms with Crippen molar-refractivity contribution in [1.82, 2.24) is 14.8 Å². The molecule has 150 valence electrons. The van der Waals surface area contributed by atoms with Crippen LogP contribution in [0.2, 0.25) is 0 Å². The fraction of sp³-hybridized carbons (Fsp3) is 0.714.